The second-order valence-corrected chi connectivity index (χ2v) is 7.91. The Bertz CT molecular complexity index is 1040. The molecule has 3 aromatic rings. The lowest BCUT2D eigenvalue weighted by atomic mass is 9.77. The zero-order valence-corrected chi connectivity index (χ0v) is 18.0. The van der Waals surface area contributed by atoms with E-state index >= 15 is 0 Å². The molecule has 0 amide bonds. The number of carboxylic acid groups (broad SMARTS) is 1. The number of aromatic hydroxyl groups is 1. The Morgan fingerprint density at radius 3 is 2.20 bits per heavy atom. The van der Waals surface area contributed by atoms with E-state index in [4.69, 9.17) is 33.4 Å². The van der Waals surface area contributed by atoms with Crippen LogP contribution in [0, 0.1) is 0 Å². The maximum Gasteiger partial charge on any atom is 0.339 e. The summed E-state index contributed by atoms with van der Waals surface area (Å²) < 4.78 is 0. The van der Waals surface area contributed by atoms with Gasteiger partial charge in [-0.05, 0) is 60.8 Å². The standard InChI is InChI=1S/C17H17Cl2N.C7H6O3/c1-20-17-9-7-12(13-4-2-3-5-14(13)17)11-6-8-15(18)16(19)10-11;8-6-4-2-1-3-5(6)7(9)10/h2-6,8,10,12,17,20H,7,9H2,1H3;1-4,8H,(H,9,10)/t12-,17-;/m0./s1. The van der Waals surface area contributed by atoms with Gasteiger partial charge in [0.1, 0.15) is 11.3 Å². The van der Waals surface area contributed by atoms with E-state index in [9.17, 15) is 4.79 Å². The van der Waals surface area contributed by atoms with Crippen LogP contribution in [0.2, 0.25) is 10.0 Å². The molecule has 6 heteroatoms. The first-order valence-electron chi connectivity index (χ1n) is 9.64. The number of benzene rings is 3. The Balaban J connectivity index is 0.000000216. The van der Waals surface area contributed by atoms with Gasteiger partial charge >= 0.3 is 5.97 Å². The molecule has 0 aromatic heterocycles. The van der Waals surface area contributed by atoms with Crippen molar-refractivity contribution in [2.24, 2.45) is 0 Å². The number of carboxylic acids is 1. The lowest BCUT2D eigenvalue weighted by Gasteiger charge is -2.32. The van der Waals surface area contributed by atoms with Crippen molar-refractivity contribution in [3.63, 3.8) is 0 Å². The highest BCUT2D eigenvalue weighted by Gasteiger charge is 2.27. The minimum Gasteiger partial charge on any atom is -0.507 e. The zero-order valence-electron chi connectivity index (χ0n) is 16.5. The van der Waals surface area contributed by atoms with Crippen LogP contribution in [0.4, 0.5) is 0 Å². The molecular weight excluding hydrogens is 421 g/mol. The molecule has 1 aliphatic rings. The Labute approximate surface area is 186 Å². The number of carbonyl (C=O) groups is 1. The molecule has 0 unspecified atom stereocenters. The zero-order chi connectivity index (χ0) is 21.7. The van der Waals surface area contributed by atoms with Crippen LogP contribution in [0.25, 0.3) is 0 Å². The summed E-state index contributed by atoms with van der Waals surface area (Å²) in [5.74, 6) is -0.904. The number of hydrogen-bond acceptors (Lipinski definition) is 3. The fourth-order valence-corrected chi connectivity index (χ4v) is 4.13. The molecule has 0 heterocycles. The summed E-state index contributed by atoms with van der Waals surface area (Å²) in [5.41, 5.74) is 3.98. The van der Waals surface area contributed by atoms with Gasteiger partial charge in [-0.25, -0.2) is 4.79 Å². The summed E-state index contributed by atoms with van der Waals surface area (Å²) >= 11 is 12.2. The molecule has 0 fully saturated rings. The van der Waals surface area contributed by atoms with Crippen molar-refractivity contribution in [2.45, 2.75) is 24.8 Å². The fraction of sp³-hybridized carbons (Fsp3) is 0.208. The summed E-state index contributed by atoms with van der Waals surface area (Å²) in [5, 5.41) is 22.0. The van der Waals surface area contributed by atoms with Crippen LogP contribution in [0.5, 0.6) is 5.75 Å². The van der Waals surface area contributed by atoms with E-state index in [1.807, 2.05) is 19.2 Å². The van der Waals surface area contributed by atoms with E-state index in [-0.39, 0.29) is 11.3 Å². The molecule has 0 bridgehead atoms. The molecule has 2 atom stereocenters. The SMILES string of the molecule is CN[C@H]1CC[C@@H](c2ccc(Cl)c(Cl)c2)c2ccccc21.O=C(O)c1ccccc1O. The average molecular weight is 444 g/mol. The van der Waals surface area contributed by atoms with E-state index in [1.54, 1.807) is 12.1 Å². The Morgan fingerprint density at radius 2 is 1.60 bits per heavy atom. The summed E-state index contributed by atoms with van der Waals surface area (Å²) in [4.78, 5) is 10.3. The van der Waals surface area contributed by atoms with E-state index < -0.39 is 5.97 Å². The van der Waals surface area contributed by atoms with Crippen LogP contribution < -0.4 is 5.32 Å². The maximum atomic E-state index is 10.3. The lowest BCUT2D eigenvalue weighted by molar-refractivity contribution is 0.0693. The number of rotatable bonds is 3. The Kier molecular flexibility index (Phi) is 7.38. The minimum absolute atomic E-state index is 0.0671. The third-order valence-corrected chi connectivity index (χ3v) is 6.06. The predicted octanol–water partition coefficient (Wildman–Crippen LogP) is 6.27. The molecule has 0 aliphatic heterocycles. The molecule has 4 rings (SSSR count). The normalized spacial score (nSPS) is 17.4. The van der Waals surface area contributed by atoms with Gasteiger partial charge < -0.3 is 15.5 Å². The molecular formula is C24H23Cl2NO3. The van der Waals surface area contributed by atoms with Crippen LogP contribution in [0.3, 0.4) is 0 Å². The Hall–Kier alpha value is -2.53. The van der Waals surface area contributed by atoms with Crippen LogP contribution >= 0.6 is 23.2 Å². The molecule has 156 valence electrons. The van der Waals surface area contributed by atoms with Gasteiger partial charge in [-0.3, -0.25) is 0 Å². The van der Waals surface area contributed by atoms with Gasteiger partial charge in [0, 0.05) is 12.0 Å². The number of para-hydroxylation sites is 1. The minimum atomic E-state index is -1.11. The quantitative estimate of drug-likeness (QED) is 0.445. The van der Waals surface area contributed by atoms with Gasteiger partial charge in [-0.15, -0.1) is 0 Å². The number of fused-ring (bicyclic) bond motifs is 1. The number of phenols is 1. The van der Waals surface area contributed by atoms with Crippen molar-refractivity contribution in [3.8, 4) is 5.75 Å². The largest absolute Gasteiger partial charge is 0.507 e. The van der Waals surface area contributed by atoms with E-state index in [2.05, 4.69) is 35.6 Å². The second-order valence-electron chi connectivity index (χ2n) is 7.10. The molecule has 3 aromatic carbocycles. The topological polar surface area (TPSA) is 69.6 Å². The van der Waals surface area contributed by atoms with Crippen LogP contribution in [0.15, 0.2) is 66.7 Å². The first-order chi connectivity index (χ1) is 14.4. The molecule has 0 saturated carbocycles. The molecule has 0 radical (unpaired) electrons. The van der Waals surface area contributed by atoms with Gasteiger partial charge in [0.05, 0.1) is 10.0 Å². The molecule has 30 heavy (non-hydrogen) atoms. The van der Waals surface area contributed by atoms with Gasteiger partial charge in [-0.2, -0.15) is 0 Å². The highest BCUT2D eigenvalue weighted by molar-refractivity contribution is 6.42. The van der Waals surface area contributed by atoms with Crippen LogP contribution in [-0.2, 0) is 0 Å². The van der Waals surface area contributed by atoms with Crippen LogP contribution in [-0.4, -0.2) is 23.2 Å². The van der Waals surface area contributed by atoms with Crippen molar-refractivity contribution in [3.05, 3.63) is 99.0 Å². The summed E-state index contributed by atoms with van der Waals surface area (Å²) in [6.07, 6.45) is 2.26. The van der Waals surface area contributed by atoms with Gasteiger partial charge in [0.2, 0.25) is 0 Å². The van der Waals surface area contributed by atoms with Crippen LogP contribution in [0.1, 0.15) is 51.8 Å². The third kappa shape index (κ3) is 4.96. The van der Waals surface area contributed by atoms with E-state index in [0.29, 0.717) is 22.0 Å². The molecule has 0 spiro atoms. The molecule has 4 nitrogen and oxygen atoms in total. The smallest absolute Gasteiger partial charge is 0.339 e. The highest BCUT2D eigenvalue weighted by Crippen LogP contribution is 2.42. The number of aromatic carboxylic acids is 1. The van der Waals surface area contributed by atoms with Crippen molar-refractivity contribution in [2.75, 3.05) is 7.05 Å². The number of nitrogens with one attached hydrogen (secondary N) is 1. The number of halogens is 2. The monoisotopic (exact) mass is 443 g/mol. The van der Waals surface area contributed by atoms with E-state index in [1.165, 1.54) is 28.8 Å². The molecule has 1 aliphatic carbocycles. The lowest BCUT2D eigenvalue weighted by Crippen LogP contribution is -2.24. The second kappa shape index (κ2) is 9.98. The maximum absolute atomic E-state index is 10.3. The van der Waals surface area contributed by atoms with Gasteiger partial charge in [0.15, 0.2) is 0 Å². The van der Waals surface area contributed by atoms with Crippen molar-refractivity contribution < 1.29 is 15.0 Å². The third-order valence-electron chi connectivity index (χ3n) is 5.32. The van der Waals surface area contributed by atoms with Gasteiger partial charge in [-0.1, -0.05) is 65.7 Å². The molecule has 0 saturated heterocycles. The van der Waals surface area contributed by atoms with Crippen molar-refractivity contribution in [1.29, 1.82) is 0 Å². The van der Waals surface area contributed by atoms with E-state index in [0.717, 1.165) is 12.8 Å². The molecule has 3 N–H and O–H groups in total. The van der Waals surface area contributed by atoms with Crippen molar-refractivity contribution in [1.82, 2.24) is 5.32 Å². The first-order valence-corrected chi connectivity index (χ1v) is 10.4. The summed E-state index contributed by atoms with van der Waals surface area (Å²) in [7, 11) is 2.03. The summed E-state index contributed by atoms with van der Waals surface area (Å²) in [6, 6.07) is 20.9. The average Bonchev–Trinajstić information content (AvgIpc) is 2.75. The summed E-state index contributed by atoms with van der Waals surface area (Å²) in [6.45, 7) is 0. The predicted molar refractivity (Wildman–Crippen MR) is 121 cm³/mol. The Morgan fingerprint density at radius 1 is 0.933 bits per heavy atom. The first kappa shape index (κ1) is 22.2. The van der Waals surface area contributed by atoms with Gasteiger partial charge in [0.25, 0.3) is 0 Å². The fourth-order valence-electron chi connectivity index (χ4n) is 3.82. The highest BCUT2D eigenvalue weighted by atomic mass is 35.5. The number of hydrogen-bond donors (Lipinski definition) is 3. The van der Waals surface area contributed by atoms with Crippen molar-refractivity contribution >= 4 is 29.2 Å².